The lowest BCUT2D eigenvalue weighted by atomic mass is 10.1. The lowest BCUT2D eigenvalue weighted by Crippen LogP contribution is -2.03. The molecule has 0 unspecified atom stereocenters. The number of methoxy groups -OCH3 is 1. The molecule has 0 aliphatic carbocycles. The number of fused-ring (bicyclic) bond motifs is 1. The highest BCUT2D eigenvalue weighted by molar-refractivity contribution is 5.89. The van der Waals surface area contributed by atoms with Crippen LogP contribution in [-0.4, -0.2) is 43.8 Å². The molecule has 0 saturated carbocycles. The van der Waals surface area contributed by atoms with E-state index in [1.165, 1.54) is 0 Å². The summed E-state index contributed by atoms with van der Waals surface area (Å²) in [5.74, 6) is 1.51. The van der Waals surface area contributed by atoms with Gasteiger partial charge in [0.2, 0.25) is 11.3 Å². The third-order valence-electron chi connectivity index (χ3n) is 4.56. The van der Waals surface area contributed by atoms with Crippen molar-refractivity contribution in [2.45, 2.75) is 0 Å². The molecule has 0 atom stereocenters. The predicted molar refractivity (Wildman–Crippen MR) is 119 cm³/mol. The van der Waals surface area contributed by atoms with Gasteiger partial charge in [-0.15, -0.1) is 0 Å². The van der Waals surface area contributed by atoms with Gasteiger partial charge in [-0.1, -0.05) is 30.3 Å². The molecule has 5 rings (SSSR count). The number of H-pyrrole nitrogens is 1. The van der Waals surface area contributed by atoms with Crippen molar-refractivity contribution in [3.8, 4) is 17.0 Å². The van der Waals surface area contributed by atoms with Gasteiger partial charge < -0.3 is 10.1 Å². The standard InChI is InChI=1S/C21H17N9O2/c1-31-16-9-7-15(8-10-16)24-18-19(26-21-20(25-18)29-32-30-21)28-23-12-14-11-22-27-17(14)13-5-3-2-4-6-13/h2-12H,1H3,(H,22,27)(H,24,25,29)(H,26,28,30)/b23-12-. The quantitative estimate of drug-likeness (QED) is 0.262. The Morgan fingerprint density at radius 1 is 0.969 bits per heavy atom. The van der Waals surface area contributed by atoms with Crippen molar-refractivity contribution in [3.63, 3.8) is 0 Å². The summed E-state index contributed by atoms with van der Waals surface area (Å²) in [6.45, 7) is 0. The molecule has 0 fully saturated rings. The summed E-state index contributed by atoms with van der Waals surface area (Å²) in [7, 11) is 1.61. The number of hydrogen-bond donors (Lipinski definition) is 3. The van der Waals surface area contributed by atoms with E-state index in [1.54, 1.807) is 19.5 Å². The highest BCUT2D eigenvalue weighted by atomic mass is 16.6. The molecule has 32 heavy (non-hydrogen) atoms. The molecule has 11 heteroatoms. The normalized spacial score (nSPS) is 11.2. The number of aromatic amines is 1. The van der Waals surface area contributed by atoms with Gasteiger partial charge in [0.1, 0.15) is 11.4 Å². The van der Waals surface area contributed by atoms with E-state index < -0.39 is 0 Å². The van der Waals surface area contributed by atoms with Gasteiger partial charge in [-0.2, -0.15) is 15.2 Å². The van der Waals surface area contributed by atoms with E-state index in [0.717, 1.165) is 28.3 Å². The molecule has 3 N–H and O–H groups in total. The van der Waals surface area contributed by atoms with Gasteiger partial charge in [0.05, 0.1) is 13.3 Å². The van der Waals surface area contributed by atoms with Gasteiger partial charge in [-0.3, -0.25) is 10.5 Å². The molecule has 0 amide bonds. The number of ether oxygens (including phenoxy) is 1. The molecular weight excluding hydrogens is 410 g/mol. The maximum absolute atomic E-state index is 5.19. The van der Waals surface area contributed by atoms with Crippen LogP contribution in [0.4, 0.5) is 17.3 Å². The minimum atomic E-state index is 0.260. The van der Waals surface area contributed by atoms with Crippen molar-refractivity contribution in [2.24, 2.45) is 5.10 Å². The Labute approximate surface area is 181 Å². The zero-order valence-corrected chi connectivity index (χ0v) is 16.9. The SMILES string of the molecule is COc1ccc(Nc2nc3nonc3nc2N/N=C\c2c[nH]nc2-c2ccccc2)cc1. The monoisotopic (exact) mass is 427 g/mol. The Kier molecular flexibility index (Phi) is 5.10. The summed E-state index contributed by atoms with van der Waals surface area (Å²) < 4.78 is 9.93. The predicted octanol–water partition coefficient (Wildman–Crippen LogP) is 3.60. The second-order valence-electron chi connectivity index (χ2n) is 6.61. The number of benzene rings is 2. The summed E-state index contributed by atoms with van der Waals surface area (Å²) in [4.78, 5) is 8.83. The van der Waals surface area contributed by atoms with Crippen molar-refractivity contribution < 1.29 is 9.37 Å². The zero-order chi connectivity index (χ0) is 21.8. The van der Waals surface area contributed by atoms with Crippen molar-refractivity contribution in [3.05, 3.63) is 66.4 Å². The zero-order valence-electron chi connectivity index (χ0n) is 16.9. The summed E-state index contributed by atoms with van der Waals surface area (Å²) in [5.41, 5.74) is 6.81. The Morgan fingerprint density at radius 2 is 1.72 bits per heavy atom. The van der Waals surface area contributed by atoms with E-state index in [1.807, 2.05) is 54.6 Å². The Morgan fingerprint density at radius 3 is 2.47 bits per heavy atom. The number of hydrazone groups is 1. The van der Waals surface area contributed by atoms with Gasteiger partial charge in [-0.25, -0.2) is 9.61 Å². The fraction of sp³-hybridized carbons (Fsp3) is 0.0476. The van der Waals surface area contributed by atoms with Crippen molar-refractivity contribution in [1.29, 1.82) is 0 Å². The largest absolute Gasteiger partial charge is 0.497 e. The summed E-state index contributed by atoms with van der Waals surface area (Å²) >= 11 is 0. The van der Waals surface area contributed by atoms with Crippen LogP contribution in [0.1, 0.15) is 5.56 Å². The molecular formula is C21H17N9O2. The molecule has 3 heterocycles. The van der Waals surface area contributed by atoms with E-state index in [9.17, 15) is 0 Å². The Balaban J connectivity index is 1.41. The molecule has 11 nitrogen and oxygen atoms in total. The second kappa shape index (κ2) is 8.52. The average Bonchev–Trinajstić information content (AvgIpc) is 3.49. The van der Waals surface area contributed by atoms with Gasteiger partial charge in [-0.05, 0) is 34.6 Å². The van der Waals surface area contributed by atoms with E-state index in [2.05, 4.69) is 46.3 Å². The van der Waals surface area contributed by atoms with Crippen LogP contribution < -0.4 is 15.5 Å². The Hall–Kier alpha value is -4.80. The van der Waals surface area contributed by atoms with Gasteiger partial charge in [0.15, 0.2) is 11.6 Å². The molecule has 5 aromatic rings. The molecule has 0 radical (unpaired) electrons. The first-order valence-electron chi connectivity index (χ1n) is 9.60. The third kappa shape index (κ3) is 3.94. The first kappa shape index (κ1) is 19.2. The summed E-state index contributed by atoms with van der Waals surface area (Å²) in [5, 5.41) is 22.2. The number of aromatic nitrogens is 6. The van der Waals surface area contributed by atoms with E-state index in [4.69, 9.17) is 9.37 Å². The van der Waals surface area contributed by atoms with Gasteiger partial charge in [0.25, 0.3) is 0 Å². The van der Waals surface area contributed by atoms with E-state index >= 15 is 0 Å². The average molecular weight is 427 g/mol. The number of nitrogens with zero attached hydrogens (tertiary/aromatic N) is 6. The van der Waals surface area contributed by atoms with Crippen LogP contribution in [0.15, 0.2) is 70.5 Å². The van der Waals surface area contributed by atoms with Crippen molar-refractivity contribution >= 4 is 34.8 Å². The number of hydrogen-bond acceptors (Lipinski definition) is 10. The molecule has 0 spiro atoms. The lowest BCUT2D eigenvalue weighted by molar-refractivity contribution is 0.314. The first-order chi connectivity index (χ1) is 15.8. The van der Waals surface area contributed by atoms with E-state index in [0.29, 0.717) is 11.6 Å². The fourth-order valence-electron chi connectivity index (χ4n) is 3.00. The van der Waals surface area contributed by atoms with Crippen LogP contribution in [0.25, 0.3) is 22.6 Å². The topological polar surface area (TPSA) is 139 Å². The lowest BCUT2D eigenvalue weighted by Gasteiger charge is -2.09. The minimum absolute atomic E-state index is 0.260. The smallest absolute Gasteiger partial charge is 0.245 e. The molecule has 0 aliphatic rings. The molecule has 2 aromatic carbocycles. The van der Waals surface area contributed by atoms with Gasteiger partial charge in [0, 0.05) is 23.0 Å². The number of anilines is 3. The second-order valence-corrected chi connectivity index (χ2v) is 6.61. The summed E-state index contributed by atoms with van der Waals surface area (Å²) in [6, 6.07) is 17.2. The fourth-order valence-corrected chi connectivity index (χ4v) is 3.00. The molecule has 3 aromatic heterocycles. The number of nitrogens with one attached hydrogen (secondary N) is 3. The minimum Gasteiger partial charge on any atom is -0.497 e. The van der Waals surface area contributed by atoms with Crippen LogP contribution in [-0.2, 0) is 0 Å². The number of rotatable bonds is 7. The maximum Gasteiger partial charge on any atom is 0.245 e. The van der Waals surface area contributed by atoms with Crippen molar-refractivity contribution in [2.75, 3.05) is 17.9 Å². The van der Waals surface area contributed by atoms with Crippen LogP contribution in [0.3, 0.4) is 0 Å². The molecule has 0 saturated heterocycles. The van der Waals surface area contributed by atoms with Crippen molar-refractivity contribution in [1.82, 2.24) is 30.5 Å². The van der Waals surface area contributed by atoms with E-state index in [-0.39, 0.29) is 11.3 Å². The third-order valence-corrected chi connectivity index (χ3v) is 4.56. The van der Waals surface area contributed by atoms with Crippen LogP contribution in [0.5, 0.6) is 5.75 Å². The molecule has 0 aliphatic heterocycles. The highest BCUT2D eigenvalue weighted by Crippen LogP contribution is 2.25. The summed E-state index contributed by atoms with van der Waals surface area (Å²) in [6.07, 6.45) is 3.41. The van der Waals surface area contributed by atoms with Crippen LogP contribution in [0, 0.1) is 0 Å². The van der Waals surface area contributed by atoms with Crippen LogP contribution in [0.2, 0.25) is 0 Å². The van der Waals surface area contributed by atoms with Gasteiger partial charge >= 0.3 is 0 Å². The molecule has 0 bridgehead atoms. The Bertz CT molecular complexity index is 1360. The highest BCUT2D eigenvalue weighted by Gasteiger charge is 2.13. The maximum atomic E-state index is 5.19. The first-order valence-corrected chi connectivity index (χ1v) is 9.60. The van der Waals surface area contributed by atoms with Crippen LogP contribution >= 0.6 is 0 Å². The molecule has 158 valence electrons.